The molecular formula is C12H13NO3. The zero-order valence-electron chi connectivity index (χ0n) is 9.24. The summed E-state index contributed by atoms with van der Waals surface area (Å²) in [6.07, 6.45) is 0.791. The third-order valence-electron chi connectivity index (χ3n) is 2.77. The van der Waals surface area contributed by atoms with Crippen molar-refractivity contribution in [2.45, 2.75) is 19.4 Å². The molecule has 84 valence electrons. The zero-order chi connectivity index (χ0) is 11.7. The average molecular weight is 219 g/mol. The van der Waals surface area contributed by atoms with E-state index in [9.17, 15) is 9.59 Å². The summed E-state index contributed by atoms with van der Waals surface area (Å²) < 4.78 is 5.29. The van der Waals surface area contributed by atoms with Crippen LogP contribution in [0.4, 0.5) is 5.69 Å². The maximum absolute atomic E-state index is 11.5. The van der Waals surface area contributed by atoms with Gasteiger partial charge < -0.3 is 10.1 Å². The summed E-state index contributed by atoms with van der Waals surface area (Å²) in [5.41, 5.74) is 1.95. The fraction of sp³-hybridized carbons (Fsp3) is 0.333. The van der Waals surface area contributed by atoms with Crippen molar-refractivity contribution in [1.82, 2.24) is 0 Å². The van der Waals surface area contributed by atoms with Crippen LogP contribution >= 0.6 is 0 Å². The molecule has 1 aromatic rings. The monoisotopic (exact) mass is 219 g/mol. The first-order chi connectivity index (χ1) is 7.67. The predicted molar refractivity (Wildman–Crippen MR) is 59.4 cm³/mol. The van der Waals surface area contributed by atoms with Crippen molar-refractivity contribution in [3.05, 3.63) is 29.3 Å². The number of anilines is 1. The molecule has 1 amide bonds. The van der Waals surface area contributed by atoms with Gasteiger partial charge in [-0.2, -0.15) is 0 Å². The molecule has 0 radical (unpaired) electrons. The summed E-state index contributed by atoms with van der Waals surface area (Å²) in [6, 6.07) is 5.35. The van der Waals surface area contributed by atoms with Crippen molar-refractivity contribution >= 4 is 17.4 Å². The second kappa shape index (κ2) is 4.06. The molecule has 1 aromatic carbocycles. The fourth-order valence-electron chi connectivity index (χ4n) is 1.90. The Bertz CT molecular complexity index is 450. The second-order valence-corrected chi connectivity index (χ2v) is 3.72. The molecule has 16 heavy (non-hydrogen) atoms. The lowest BCUT2D eigenvalue weighted by Crippen LogP contribution is -2.12. The average Bonchev–Trinajstić information content (AvgIpc) is 2.57. The smallest absolute Gasteiger partial charge is 0.296 e. The van der Waals surface area contributed by atoms with E-state index in [0.717, 1.165) is 12.0 Å². The highest BCUT2D eigenvalue weighted by Gasteiger charge is 2.28. The van der Waals surface area contributed by atoms with E-state index in [1.54, 1.807) is 19.2 Å². The Balaban J connectivity index is 2.40. The number of nitrogens with one attached hydrogen (secondary N) is 1. The number of hydrogen-bond acceptors (Lipinski definition) is 3. The van der Waals surface area contributed by atoms with E-state index in [1.165, 1.54) is 0 Å². The van der Waals surface area contributed by atoms with E-state index in [0.29, 0.717) is 11.3 Å². The largest absolute Gasteiger partial charge is 0.377 e. The van der Waals surface area contributed by atoms with E-state index in [2.05, 4.69) is 5.32 Å². The Labute approximate surface area is 93.6 Å². The molecule has 4 heteroatoms. The van der Waals surface area contributed by atoms with Gasteiger partial charge in [-0.1, -0.05) is 13.0 Å². The summed E-state index contributed by atoms with van der Waals surface area (Å²) in [6.45, 7) is 2.01. The highest BCUT2D eigenvalue weighted by molar-refractivity contribution is 6.51. The molecule has 1 unspecified atom stereocenters. The van der Waals surface area contributed by atoms with Crippen molar-refractivity contribution < 1.29 is 14.3 Å². The number of ketones is 1. The van der Waals surface area contributed by atoms with Gasteiger partial charge in [0, 0.05) is 7.11 Å². The third kappa shape index (κ3) is 1.61. The number of ether oxygens (including phenoxy) is 1. The van der Waals surface area contributed by atoms with E-state index >= 15 is 0 Å². The number of carbonyl (C=O) groups excluding carboxylic acids is 2. The molecule has 0 saturated carbocycles. The molecule has 0 saturated heterocycles. The maximum atomic E-state index is 11.5. The first-order valence-corrected chi connectivity index (χ1v) is 5.19. The molecule has 2 rings (SSSR count). The number of methoxy groups -OCH3 is 1. The molecule has 4 nitrogen and oxygen atoms in total. The Morgan fingerprint density at radius 2 is 2.12 bits per heavy atom. The molecule has 1 atom stereocenters. The van der Waals surface area contributed by atoms with Crippen LogP contribution in [0, 0.1) is 0 Å². The topological polar surface area (TPSA) is 55.4 Å². The Kier molecular flexibility index (Phi) is 2.75. The van der Waals surface area contributed by atoms with E-state index in [1.807, 2.05) is 13.0 Å². The number of hydrogen-bond donors (Lipinski definition) is 1. The molecule has 1 aliphatic rings. The highest BCUT2D eigenvalue weighted by Crippen LogP contribution is 2.28. The summed E-state index contributed by atoms with van der Waals surface area (Å²) in [7, 11) is 1.63. The van der Waals surface area contributed by atoms with Gasteiger partial charge in [0.1, 0.15) is 0 Å². The molecular weight excluding hydrogens is 206 g/mol. The molecule has 1 N–H and O–H groups in total. The minimum Gasteiger partial charge on any atom is -0.377 e. The summed E-state index contributed by atoms with van der Waals surface area (Å²) in [5.74, 6) is -1.03. The second-order valence-electron chi connectivity index (χ2n) is 3.72. The molecule has 1 aliphatic heterocycles. The van der Waals surface area contributed by atoms with Gasteiger partial charge in [-0.25, -0.2) is 0 Å². The van der Waals surface area contributed by atoms with E-state index in [4.69, 9.17) is 4.74 Å². The Hall–Kier alpha value is -1.68. The lowest BCUT2D eigenvalue weighted by atomic mass is 10.0. The molecule has 0 bridgehead atoms. The van der Waals surface area contributed by atoms with Crippen molar-refractivity contribution in [3.63, 3.8) is 0 Å². The van der Waals surface area contributed by atoms with Gasteiger partial charge in [-0.3, -0.25) is 9.59 Å². The Morgan fingerprint density at radius 3 is 2.75 bits per heavy atom. The molecule has 0 fully saturated rings. The number of carbonyl (C=O) groups is 2. The van der Waals surface area contributed by atoms with E-state index in [-0.39, 0.29) is 6.10 Å². The fourth-order valence-corrected chi connectivity index (χ4v) is 1.90. The Morgan fingerprint density at radius 1 is 1.38 bits per heavy atom. The minimum atomic E-state index is -0.558. The first-order valence-electron chi connectivity index (χ1n) is 5.19. The van der Waals surface area contributed by atoms with Crippen LogP contribution in [0.15, 0.2) is 18.2 Å². The van der Waals surface area contributed by atoms with Crippen LogP contribution in [0.2, 0.25) is 0 Å². The normalized spacial score (nSPS) is 15.9. The maximum Gasteiger partial charge on any atom is 0.296 e. The van der Waals surface area contributed by atoms with Crippen molar-refractivity contribution in [2.75, 3.05) is 12.4 Å². The lowest BCUT2D eigenvalue weighted by Gasteiger charge is -2.13. The number of fused-ring (bicyclic) bond motifs is 1. The number of benzene rings is 1. The number of amides is 1. The standard InChI is InChI=1S/C12H13NO3/c1-3-10(16-2)7-4-5-9-8(6-7)11(14)12(15)13-9/h4-6,10H,3H2,1-2H3,(H,13,14,15). The summed E-state index contributed by atoms with van der Waals surface area (Å²) >= 11 is 0. The summed E-state index contributed by atoms with van der Waals surface area (Å²) in [5, 5.41) is 2.52. The molecule has 1 heterocycles. The summed E-state index contributed by atoms with van der Waals surface area (Å²) in [4.78, 5) is 22.7. The van der Waals surface area contributed by atoms with Gasteiger partial charge in [0.05, 0.1) is 17.4 Å². The van der Waals surface area contributed by atoms with Gasteiger partial charge >= 0.3 is 0 Å². The van der Waals surface area contributed by atoms with Gasteiger partial charge in [0.2, 0.25) is 0 Å². The van der Waals surface area contributed by atoms with Crippen LogP contribution < -0.4 is 5.32 Å². The van der Waals surface area contributed by atoms with Gasteiger partial charge in [0.25, 0.3) is 11.7 Å². The van der Waals surface area contributed by atoms with Crippen LogP contribution in [0.3, 0.4) is 0 Å². The van der Waals surface area contributed by atoms with Crippen molar-refractivity contribution in [2.24, 2.45) is 0 Å². The molecule has 0 aromatic heterocycles. The predicted octanol–water partition coefficient (Wildman–Crippen LogP) is 1.92. The van der Waals surface area contributed by atoms with Gasteiger partial charge in [0.15, 0.2) is 0 Å². The van der Waals surface area contributed by atoms with Crippen LogP contribution in [0.1, 0.15) is 35.4 Å². The van der Waals surface area contributed by atoms with Crippen LogP contribution in [0.25, 0.3) is 0 Å². The van der Waals surface area contributed by atoms with Crippen LogP contribution in [0.5, 0.6) is 0 Å². The minimum absolute atomic E-state index is 0.0335. The lowest BCUT2D eigenvalue weighted by molar-refractivity contribution is -0.112. The van der Waals surface area contributed by atoms with Crippen LogP contribution in [-0.2, 0) is 9.53 Å². The van der Waals surface area contributed by atoms with Gasteiger partial charge in [-0.05, 0) is 24.1 Å². The molecule has 0 spiro atoms. The zero-order valence-corrected chi connectivity index (χ0v) is 9.24. The van der Waals surface area contributed by atoms with E-state index < -0.39 is 11.7 Å². The SMILES string of the molecule is CCC(OC)c1ccc2c(c1)C(=O)C(=O)N2. The molecule has 0 aliphatic carbocycles. The highest BCUT2D eigenvalue weighted by atomic mass is 16.5. The quantitative estimate of drug-likeness (QED) is 0.790. The van der Waals surface area contributed by atoms with Crippen molar-refractivity contribution in [3.8, 4) is 0 Å². The first kappa shape index (κ1) is 10.8. The van der Waals surface area contributed by atoms with Gasteiger partial charge in [-0.15, -0.1) is 0 Å². The van der Waals surface area contributed by atoms with Crippen LogP contribution in [-0.4, -0.2) is 18.8 Å². The van der Waals surface area contributed by atoms with Crippen molar-refractivity contribution in [1.29, 1.82) is 0 Å². The third-order valence-corrected chi connectivity index (χ3v) is 2.77. The number of rotatable bonds is 3. The number of Topliss-reactive ketones (excluding diaryl/α,β-unsaturated/α-hetero) is 1.